The highest BCUT2D eigenvalue weighted by molar-refractivity contribution is 7.29. The van der Waals surface area contributed by atoms with Crippen molar-refractivity contribution in [2.45, 2.75) is 26.8 Å². The zero-order valence-electron chi connectivity index (χ0n) is 15.0. The molecule has 1 unspecified atom stereocenters. The van der Waals surface area contributed by atoms with E-state index in [0.717, 1.165) is 38.2 Å². The molecule has 4 nitrogen and oxygen atoms in total. The molecule has 2 aromatic heterocycles. The maximum atomic E-state index is 12.9. The molecule has 0 fully saturated rings. The third kappa shape index (κ3) is 3.55. The molecule has 3 rings (SSSR count). The first-order valence-electron chi connectivity index (χ1n) is 8.52. The first-order chi connectivity index (χ1) is 12.0. The van der Waals surface area contributed by atoms with Gasteiger partial charge < -0.3 is 9.80 Å². The van der Waals surface area contributed by atoms with E-state index in [0.29, 0.717) is 0 Å². The van der Waals surface area contributed by atoms with E-state index in [1.807, 2.05) is 31.3 Å². The zero-order valence-corrected chi connectivity index (χ0v) is 16.7. The van der Waals surface area contributed by atoms with Crippen LogP contribution in [0.4, 0.5) is 5.13 Å². The first-order valence-corrected chi connectivity index (χ1v) is 10.2. The van der Waals surface area contributed by atoms with Crippen LogP contribution < -0.4 is 4.90 Å². The summed E-state index contributed by atoms with van der Waals surface area (Å²) in [6.07, 6.45) is 0. The Bertz CT molecular complexity index is 821. The van der Waals surface area contributed by atoms with Crippen LogP contribution in [0.2, 0.25) is 0 Å². The van der Waals surface area contributed by atoms with Crippen molar-refractivity contribution < 1.29 is 4.79 Å². The average Bonchev–Trinajstić information content (AvgIpc) is 3.21. The molecule has 0 saturated carbocycles. The van der Waals surface area contributed by atoms with Gasteiger partial charge in [0, 0.05) is 20.1 Å². The Balaban J connectivity index is 1.81. The number of rotatable bonds is 6. The minimum Gasteiger partial charge on any atom is -0.349 e. The molecule has 25 heavy (non-hydrogen) atoms. The molecule has 0 aliphatic carbocycles. The van der Waals surface area contributed by atoms with Crippen LogP contribution in [0.25, 0.3) is 9.53 Å². The lowest BCUT2D eigenvalue weighted by molar-refractivity contribution is 0.0747. The lowest BCUT2D eigenvalue weighted by Crippen LogP contribution is -2.29. The zero-order chi connectivity index (χ0) is 18.0. The van der Waals surface area contributed by atoms with E-state index < -0.39 is 0 Å². The summed E-state index contributed by atoms with van der Waals surface area (Å²) in [5, 5.41) is 1.04. The van der Waals surface area contributed by atoms with Crippen molar-refractivity contribution in [1.82, 2.24) is 9.88 Å². The van der Waals surface area contributed by atoms with Gasteiger partial charge >= 0.3 is 0 Å². The maximum Gasteiger partial charge on any atom is 0.264 e. The Morgan fingerprint density at radius 3 is 2.44 bits per heavy atom. The summed E-state index contributed by atoms with van der Waals surface area (Å²) in [5.41, 5.74) is 1.14. The predicted octanol–water partition coefficient (Wildman–Crippen LogP) is 5.04. The fourth-order valence-corrected chi connectivity index (χ4v) is 5.08. The van der Waals surface area contributed by atoms with Crippen molar-refractivity contribution in [3.63, 3.8) is 0 Å². The molecule has 132 valence electrons. The second-order valence-electron chi connectivity index (χ2n) is 5.95. The fraction of sp³-hybridized carbons (Fsp3) is 0.368. The standard InChI is InChI=1S/C19H23N3OS2/c1-5-22(6-2)19-20-17-15(25-19)12-16(24-17)18(23)21(4)13(3)14-10-8-7-9-11-14/h7-13H,5-6H2,1-4H3. The van der Waals surface area contributed by atoms with Gasteiger partial charge in [-0.15, -0.1) is 11.3 Å². The molecule has 1 amide bonds. The molecule has 1 aromatic carbocycles. The fourth-order valence-electron chi connectivity index (χ4n) is 2.76. The smallest absolute Gasteiger partial charge is 0.264 e. The third-order valence-corrected chi connectivity index (χ3v) is 6.72. The molecule has 2 heterocycles. The summed E-state index contributed by atoms with van der Waals surface area (Å²) < 4.78 is 1.09. The van der Waals surface area contributed by atoms with Crippen LogP contribution >= 0.6 is 22.7 Å². The van der Waals surface area contributed by atoms with E-state index in [2.05, 4.69) is 37.8 Å². The van der Waals surface area contributed by atoms with E-state index in [-0.39, 0.29) is 11.9 Å². The molecule has 1 atom stereocenters. The molecule has 0 aliphatic rings. The van der Waals surface area contributed by atoms with Gasteiger partial charge in [-0.1, -0.05) is 41.7 Å². The second-order valence-corrected chi connectivity index (χ2v) is 7.99. The first kappa shape index (κ1) is 17.9. The number of carbonyl (C=O) groups excluding carboxylic acids is 1. The molecule has 3 aromatic rings. The molecular formula is C19H23N3OS2. The number of nitrogens with zero attached hydrogens (tertiary/aromatic N) is 3. The van der Waals surface area contributed by atoms with Crippen molar-refractivity contribution in [1.29, 1.82) is 0 Å². The van der Waals surface area contributed by atoms with Crippen LogP contribution in [0.5, 0.6) is 0 Å². The molecule has 0 N–H and O–H groups in total. The Morgan fingerprint density at radius 1 is 1.16 bits per heavy atom. The number of anilines is 1. The highest BCUT2D eigenvalue weighted by Crippen LogP contribution is 2.35. The predicted molar refractivity (Wildman–Crippen MR) is 108 cm³/mol. The van der Waals surface area contributed by atoms with Gasteiger partial charge in [0.1, 0.15) is 4.83 Å². The van der Waals surface area contributed by atoms with E-state index >= 15 is 0 Å². The monoisotopic (exact) mass is 373 g/mol. The van der Waals surface area contributed by atoms with Gasteiger partial charge in [-0.25, -0.2) is 4.98 Å². The van der Waals surface area contributed by atoms with Crippen molar-refractivity contribution in [2.24, 2.45) is 0 Å². The number of hydrogen-bond donors (Lipinski definition) is 0. The molecule has 0 saturated heterocycles. The van der Waals surface area contributed by atoms with E-state index in [1.165, 1.54) is 11.3 Å². The summed E-state index contributed by atoms with van der Waals surface area (Å²) in [4.78, 5) is 23.3. The quantitative estimate of drug-likeness (QED) is 0.607. The van der Waals surface area contributed by atoms with Crippen molar-refractivity contribution in [2.75, 3.05) is 25.0 Å². The SMILES string of the molecule is CCN(CC)c1nc2sc(C(=O)N(C)C(C)c3ccccc3)cc2s1. The van der Waals surface area contributed by atoms with Crippen molar-refractivity contribution >= 4 is 43.2 Å². The summed E-state index contributed by atoms with van der Waals surface area (Å²) in [5.74, 6) is 0.0518. The third-order valence-electron chi connectivity index (χ3n) is 4.51. The van der Waals surface area contributed by atoms with Gasteiger partial charge in [0.25, 0.3) is 5.91 Å². The topological polar surface area (TPSA) is 36.4 Å². The maximum absolute atomic E-state index is 12.9. The van der Waals surface area contributed by atoms with Crippen LogP contribution in [-0.4, -0.2) is 35.9 Å². The molecule has 6 heteroatoms. The van der Waals surface area contributed by atoms with E-state index in [9.17, 15) is 4.79 Å². The second kappa shape index (κ2) is 7.54. The average molecular weight is 374 g/mol. The summed E-state index contributed by atoms with van der Waals surface area (Å²) in [6, 6.07) is 12.1. The summed E-state index contributed by atoms with van der Waals surface area (Å²) in [7, 11) is 1.86. The van der Waals surface area contributed by atoms with E-state index in [4.69, 9.17) is 4.98 Å². The Kier molecular flexibility index (Phi) is 5.39. The highest BCUT2D eigenvalue weighted by Gasteiger charge is 2.22. The Morgan fingerprint density at radius 2 is 1.84 bits per heavy atom. The van der Waals surface area contributed by atoms with Crippen LogP contribution in [0, 0.1) is 0 Å². The van der Waals surface area contributed by atoms with Gasteiger partial charge in [0.05, 0.1) is 15.6 Å². The highest BCUT2D eigenvalue weighted by atomic mass is 32.1. The van der Waals surface area contributed by atoms with Gasteiger partial charge in [-0.05, 0) is 32.4 Å². The summed E-state index contributed by atoms with van der Waals surface area (Å²) >= 11 is 3.15. The molecule has 0 spiro atoms. The number of thiazole rings is 1. The molecule has 0 bridgehead atoms. The van der Waals surface area contributed by atoms with Gasteiger partial charge in [-0.3, -0.25) is 4.79 Å². The summed E-state index contributed by atoms with van der Waals surface area (Å²) in [6.45, 7) is 8.21. The molecule has 0 radical (unpaired) electrons. The number of fused-ring (bicyclic) bond motifs is 1. The largest absolute Gasteiger partial charge is 0.349 e. The number of aromatic nitrogens is 1. The van der Waals surface area contributed by atoms with Crippen molar-refractivity contribution in [3.05, 3.63) is 46.8 Å². The minimum absolute atomic E-state index is 0.0352. The number of benzene rings is 1. The molecular weight excluding hydrogens is 350 g/mol. The van der Waals surface area contributed by atoms with Crippen LogP contribution in [0.1, 0.15) is 42.0 Å². The lowest BCUT2D eigenvalue weighted by Gasteiger charge is -2.24. The number of thiophene rings is 1. The van der Waals surface area contributed by atoms with E-state index in [1.54, 1.807) is 16.2 Å². The number of amides is 1. The lowest BCUT2D eigenvalue weighted by atomic mass is 10.1. The number of carbonyl (C=O) groups is 1. The minimum atomic E-state index is 0.0352. The van der Waals surface area contributed by atoms with Crippen LogP contribution in [-0.2, 0) is 0 Å². The number of hydrogen-bond acceptors (Lipinski definition) is 5. The normalized spacial score (nSPS) is 12.3. The van der Waals surface area contributed by atoms with Gasteiger partial charge in [0.15, 0.2) is 5.13 Å². The Hall–Kier alpha value is -1.92. The van der Waals surface area contributed by atoms with Crippen molar-refractivity contribution in [3.8, 4) is 0 Å². The van der Waals surface area contributed by atoms with Gasteiger partial charge in [-0.2, -0.15) is 0 Å². The van der Waals surface area contributed by atoms with Crippen LogP contribution in [0.3, 0.4) is 0 Å². The molecule has 0 aliphatic heterocycles. The Labute approximate surface area is 156 Å². The van der Waals surface area contributed by atoms with Gasteiger partial charge in [0.2, 0.25) is 0 Å². The van der Waals surface area contributed by atoms with Crippen LogP contribution in [0.15, 0.2) is 36.4 Å².